The summed E-state index contributed by atoms with van der Waals surface area (Å²) in [6.45, 7) is 2.63. The monoisotopic (exact) mass is 391 g/mol. The second kappa shape index (κ2) is 7.15. The van der Waals surface area contributed by atoms with Crippen LogP contribution in [0.15, 0.2) is 30.5 Å². The van der Waals surface area contributed by atoms with E-state index in [1.807, 2.05) is 35.4 Å². The molecular formula is C22H25N5O2. The van der Waals surface area contributed by atoms with Crippen LogP contribution in [0.5, 0.6) is 5.75 Å². The van der Waals surface area contributed by atoms with Gasteiger partial charge in [0.05, 0.1) is 13.2 Å². The SMILES string of the molecule is COc1ccc2cc(C(=O)N3CCCC3c3ncc4c(n3)CCN(C)C4)[nH]c2c1. The number of benzene rings is 1. The summed E-state index contributed by atoms with van der Waals surface area (Å²) in [6, 6.07) is 7.63. The molecule has 3 aromatic rings. The number of H-pyrrole nitrogens is 1. The highest BCUT2D eigenvalue weighted by atomic mass is 16.5. The van der Waals surface area contributed by atoms with Gasteiger partial charge in [-0.15, -0.1) is 0 Å². The Morgan fingerprint density at radius 3 is 3.03 bits per heavy atom. The molecule has 2 aromatic heterocycles. The molecule has 1 N–H and O–H groups in total. The normalized spacial score (nSPS) is 19.5. The molecule has 0 radical (unpaired) electrons. The molecule has 0 bridgehead atoms. The van der Waals surface area contributed by atoms with E-state index in [0.717, 1.165) is 67.1 Å². The fraction of sp³-hybridized carbons (Fsp3) is 0.409. The van der Waals surface area contributed by atoms with Gasteiger partial charge in [0.15, 0.2) is 5.82 Å². The van der Waals surface area contributed by atoms with Gasteiger partial charge in [0.1, 0.15) is 11.4 Å². The molecule has 1 saturated heterocycles. The number of ether oxygens (including phenoxy) is 1. The van der Waals surface area contributed by atoms with Gasteiger partial charge in [-0.2, -0.15) is 0 Å². The lowest BCUT2D eigenvalue weighted by molar-refractivity contribution is 0.0724. The van der Waals surface area contributed by atoms with Gasteiger partial charge in [0.25, 0.3) is 5.91 Å². The standard InChI is InChI=1S/C22H25N5O2/c1-26-9-7-17-15(13-26)12-23-21(25-17)20-4-3-8-27(20)22(28)19-10-14-5-6-16(29-2)11-18(14)24-19/h5-6,10-12,20,24H,3-4,7-9,13H2,1-2H3. The molecule has 1 aromatic carbocycles. The Balaban J connectivity index is 1.42. The van der Waals surface area contributed by atoms with Crippen LogP contribution in [-0.2, 0) is 13.0 Å². The van der Waals surface area contributed by atoms with E-state index in [1.54, 1.807) is 7.11 Å². The molecule has 150 valence electrons. The van der Waals surface area contributed by atoms with Gasteiger partial charge in [0, 0.05) is 60.5 Å². The van der Waals surface area contributed by atoms with Crippen molar-refractivity contribution in [1.29, 1.82) is 0 Å². The number of likely N-dealkylation sites (tertiary alicyclic amines) is 1. The third-order valence-corrected chi connectivity index (χ3v) is 6.02. The Hall–Kier alpha value is -2.93. The first-order chi connectivity index (χ1) is 14.1. The number of fused-ring (bicyclic) bond motifs is 2. The summed E-state index contributed by atoms with van der Waals surface area (Å²) in [6.07, 6.45) is 4.75. The maximum atomic E-state index is 13.3. The number of amides is 1. The maximum Gasteiger partial charge on any atom is 0.270 e. The van der Waals surface area contributed by atoms with E-state index < -0.39 is 0 Å². The largest absolute Gasteiger partial charge is 0.497 e. The van der Waals surface area contributed by atoms with Crippen molar-refractivity contribution in [3.63, 3.8) is 0 Å². The number of methoxy groups -OCH3 is 1. The summed E-state index contributed by atoms with van der Waals surface area (Å²) in [5.41, 5.74) is 3.82. The highest BCUT2D eigenvalue weighted by Crippen LogP contribution is 2.32. The molecule has 2 aliphatic rings. The van der Waals surface area contributed by atoms with E-state index in [-0.39, 0.29) is 11.9 Å². The first-order valence-electron chi connectivity index (χ1n) is 10.1. The summed E-state index contributed by atoms with van der Waals surface area (Å²) in [5, 5.41) is 0.999. The minimum absolute atomic E-state index is 0.00345. The number of aromatic amines is 1. The molecular weight excluding hydrogens is 366 g/mol. The third kappa shape index (κ3) is 3.25. The number of carbonyl (C=O) groups is 1. The van der Waals surface area contributed by atoms with Crippen molar-refractivity contribution in [2.45, 2.75) is 31.8 Å². The predicted octanol–water partition coefficient (Wildman–Crippen LogP) is 2.93. The van der Waals surface area contributed by atoms with Crippen molar-refractivity contribution < 1.29 is 9.53 Å². The highest BCUT2D eigenvalue weighted by molar-refractivity contribution is 5.98. The number of hydrogen-bond donors (Lipinski definition) is 1. The van der Waals surface area contributed by atoms with Gasteiger partial charge in [-0.3, -0.25) is 4.79 Å². The lowest BCUT2D eigenvalue weighted by Gasteiger charge is -2.27. The highest BCUT2D eigenvalue weighted by Gasteiger charge is 2.33. The van der Waals surface area contributed by atoms with E-state index in [1.165, 1.54) is 5.56 Å². The van der Waals surface area contributed by atoms with Crippen LogP contribution >= 0.6 is 0 Å². The average Bonchev–Trinajstić information content (AvgIpc) is 3.39. The van der Waals surface area contributed by atoms with Crippen LogP contribution in [0.4, 0.5) is 0 Å². The fourth-order valence-corrected chi connectivity index (χ4v) is 4.41. The predicted molar refractivity (Wildman–Crippen MR) is 110 cm³/mol. The number of nitrogens with one attached hydrogen (secondary N) is 1. The van der Waals surface area contributed by atoms with E-state index in [2.05, 4.69) is 21.9 Å². The lowest BCUT2D eigenvalue weighted by Crippen LogP contribution is -2.33. The Morgan fingerprint density at radius 1 is 1.28 bits per heavy atom. The zero-order chi connectivity index (χ0) is 20.0. The molecule has 4 heterocycles. The zero-order valence-corrected chi connectivity index (χ0v) is 16.8. The fourth-order valence-electron chi connectivity index (χ4n) is 4.41. The van der Waals surface area contributed by atoms with Crippen LogP contribution in [0.1, 0.15) is 46.5 Å². The zero-order valence-electron chi connectivity index (χ0n) is 16.8. The second-order valence-corrected chi connectivity index (χ2v) is 7.98. The first-order valence-corrected chi connectivity index (χ1v) is 10.1. The molecule has 7 nitrogen and oxygen atoms in total. The van der Waals surface area contributed by atoms with Crippen LogP contribution < -0.4 is 4.74 Å². The van der Waals surface area contributed by atoms with E-state index in [9.17, 15) is 4.79 Å². The Kier molecular flexibility index (Phi) is 4.47. The summed E-state index contributed by atoms with van der Waals surface area (Å²) in [4.78, 5) is 30.2. The van der Waals surface area contributed by atoms with Crippen molar-refractivity contribution in [2.75, 3.05) is 27.2 Å². The van der Waals surface area contributed by atoms with Crippen LogP contribution in [-0.4, -0.2) is 57.9 Å². The van der Waals surface area contributed by atoms with Gasteiger partial charge in [-0.1, -0.05) is 0 Å². The van der Waals surface area contributed by atoms with Crippen molar-refractivity contribution >= 4 is 16.8 Å². The van der Waals surface area contributed by atoms with Crippen LogP contribution in [0.25, 0.3) is 10.9 Å². The number of hydrogen-bond acceptors (Lipinski definition) is 5. The molecule has 7 heteroatoms. The van der Waals surface area contributed by atoms with Crippen LogP contribution in [0, 0.1) is 0 Å². The van der Waals surface area contributed by atoms with E-state index >= 15 is 0 Å². The third-order valence-electron chi connectivity index (χ3n) is 6.02. The molecule has 1 fully saturated rings. The minimum atomic E-state index is -0.0617. The Morgan fingerprint density at radius 2 is 2.17 bits per heavy atom. The topological polar surface area (TPSA) is 74.3 Å². The number of aromatic nitrogens is 3. The van der Waals surface area contributed by atoms with Crippen molar-refractivity contribution in [2.24, 2.45) is 0 Å². The average molecular weight is 391 g/mol. The molecule has 29 heavy (non-hydrogen) atoms. The number of rotatable bonds is 3. The quantitative estimate of drug-likeness (QED) is 0.743. The van der Waals surface area contributed by atoms with Gasteiger partial charge >= 0.3 is 0 Å². The lowest BCUT2D eigenvalue weighted by atomic mass is 10.1. The van der Waals surface area contributed by atoms with Crippen molar-refractivity contribution in [3.8, 4) is 5.75 Å². The molecule has 2 aliphatic heterocycles. The number of nitrogens with zero attached hydrogens (tertiary/aromatic N) is 4. The second-order valence-electron chi connectivity index (χ2n) is 7.98. The first kappa shape index (κ1) is 18.1. The molecule has 5 rings (SSSR count). The Labute approximate surface area is 169 Å². The van der Waals surface area contributed by atoms with Gasteiger partial charge in [-0.05, 0) is 38.1 Å². The molecule has 1 amide bonds. The molecule has 0 aliphatic carbocycles. The summed E-state index contributed by atoms with van der Waals surface area (Å²) in [7, 11) is 3.76. The van der Waals surface area contributed by atoms with Crippen molar-refractivity contribution in [1.82, 2.24) is 24.8 Å². The maximum absolute atomic E-state index is 13.3. The number of carbonyl (C=O) groups excluding carboxylic acids is 1. The molecule has 0 spiro atoms. The van der Waals surface area contributed by atoms with Gasteiger partial charge in [0.2, 0.25) is 0 Å². The molecule has 0 saturated carbocycles. The summed E-state index contributed by atoms with van der Waals surface area (Å²) in [5.74, 6) is 1.55. The number of likely N-dealkylation sites (N-methyl/N-ethyl adjacent to an activating group) is 1. The van der Waals surface area contributed by atoms with E-state index in [4.69, 9.17) is 9.72 Å². The molecule has 1 unspecified atom stereocenters. The Bertz CT molecular complexity index is 1080. The van der Waals surface area contributed by atoms with E-state index in [0.29, 0.717) is 5.69 Å². The molecule has 1 atom stereocenters. The van der Waals surface area contributed by atoms with Crippen molar-refractivity contribution in [3.05, 3.63) is 53.2 Å². The van der Waals surface area contributed by atoms with Crippen LogP contribution in [0.3, 0.4) is 0 Å². The van der Waals surface area contributed by atoms with Gasteiger partial charge < -0.3 is 19.5 Å². The summed E-state index contributed by atoms with van der Waals surface area (Å²) >= 11 is 0. The minimum Gasteiger partial charge on any atom is -0.497 e. The summed E-state index contributed by atoms with van der Waals surface area (Å²) < 4.78 is 5.28. The van der Waals surface area contributed by atoms with Gasteiger partial charge in [-0.25, -0.2) is 9.97 Å². The smallest absolute Gasteiger partial charge is 0.270 e. The van der Waals surface area contributed by atoms with Crippen LogP contribution in [0.2, 0.25) is 0 Å².